The highest BCUT2D eigenvalue weighted by atomic mass is 16.6. The van der Waals surface area contributed by atoms with E-state index < -0.39 is 6.10 Å². The molecule has 8 heteroatoms. The number of hydrogen-bond acceptors (Lipinski definition) is 6. The van der Waals surface area contributed by atoms with E-state index in [-0.39, 0.29) is 10.6 Å². The number of aliphatic hydroxyl groups excluding tert-OH is 1. The fourth-order valence-corrected chi connectivity index (χ4v) is 3.71. The summed E-state index contributed by atoms with van der Waals surface area (Å²) in [5, 5.41) is 21.3. The van der Waals surface area contributed by atoms with Crippen LogP contribution in [0.1, 0.15) is 0 Å². The Balaban J connectivity index is 1.29. The van der Waals surface area contributed by atoms with Crippen molar-refractivity contribution in [3.05, 3.63) is 65.0 Å². The lowest BCUT2D eigenvalue weighted by molar-refractivity contribution is -0.384. The number of para-hydroxylation sites is 2. The Hall–Kier alpha value is -2.97. The number of nitrogens with zero attached hydrogens (tertiary/aromatic N) is 5. The maximum atomic E-state index is 10.8. The number of anilines is 1. The van der Waals surface area contributed by atoms with Crippen LogP contribution in [0.15, 0.2) is 54.9 Å². The Labute approximate surface area is 162 Å². The van der Waals surface area contributed by atoms with E-state index in [2.05, 4.69) is 14.8 Å². The average molecular weight is 381 g/mol. The summed E-state index contributed by atoms with van der Waals surface area (Å²) in [7, 11) is 0. The van der Waals surface area contributed by atoms with Crippen LogP contribution in [0.5, 0.6) is 0 Å². The highest BCUT2D eigenvalue weighted by Crippen LogP contribution is 2.21. The summed E-state index contributed by atoms with van der Waals surface area (Å²) in [6, 6.07) is 14.6. The molecule has 2 aromatic carbocycles. The molecule has 1 aromatic heterocycles. The van der Waals surface area contributed by atoms with Crippen LogP contribution in [-0.4, -0.2) is 63.3 Å². The van der Waals surface area contributed by atoms with Crippen LogP contribution in [0, 0.1) is 10.1 Å². The Morgan fingerprint density at radius 3 is 2.46 bits per heavy atom. The average Bonchev–Trinajstić information content (AvgIpc) is 3.11. The summed E-state index contributed by atoms with van der Waals surface area (Å²) >= 11 is 0. The van der Waals surface area contributed by atoms with Gasteiger partial charge in [-0.15, -0.1) is 0 Å². The first kappa shape index (κ1) is 18.4. The molecular formula is C20H23N5O3. The molecule has 0 spiro atoms. The van der Waals surface area contributed by atoms with Crippen molar-refractivity contribution in [2.45, 2.75) is 12.6 Å². The van der Waals surface area contributed by atoms with Gasteiger partial charge in [0.05, 0.1) is 34.9 Å². The van der Waals surface area contributed by atoms with Crippen molar-refractivity contribution in [2.24, 2.45) is 0 Å². The molecule has 146 valence electrons. The van der Waals surface area contributed by atoms with Crippen LogP contribution in [0.4, 0.5) is 11.4 Å². The first-order valence-corrected chi connectivity index (χ1v) is 9.40. The number of piperazine rings is 1. The third-order valence-corrected chi connectivity index (χ3v) is 5.20. The number of fused-ring (bicyclic) bond motifs is 1. The number of imidazole rings is 1. The van der Waals surface area contributed by atoms with Gasteiger partial charge in [-0.2, -0.15) is 0 Å². The number of benzene rings is 2. The van der Waals surface area contributed by atoms with Crippen LogP contribution < -0.4 is 4.90 Å². The summed E-state index contributed by atoms with van der Waals surface area (Å²) in [4.78, 5) is 19.2. The van der Waals surface area contributed by atoms with Crippen LogP contribution >= 0.6 is 0 Å². The highest BCUT2D eigenvalue weighted by molar-refractivity contribution is 5.74. The zero-order chi connectivity index (χ0) is 19.5. The van der Waals surface area contributed by atoms with E-state index in [0.717, 1.165) is 42.9 Å². The van der Waals surface area contributed by atoms with Crippen molar-refractivity contribution in [3.63, 3.8) is 0 Å². The molecule has 1 aliphatic rings. The molecule has 0 aliphatic carbocycles. The maximum absolute atomic E-state index is 10.8. The fraction of sp³-hybridized carbons (Fsp3) is 0.350. The number of nitro groups is 1. The number of rotatable bonds is 6. The molecule has 8 nitrogen and oxygen atoms in total. The Morgan fingerprint density at radius 1 is 1.04 bits per heavy atom. The molecule has 0 amide bonds. The van der Waals surface area contributed by atoms with Crippen molar-refractivity contribution in [1.82, 2.24) is 14.5 Å². The molecule has 3 aromatic rings. The normalized spacial score (nSPS) is 16.4. The van der Waals surface area contributed by atoms with E-state index in [1.54, 1.807) is 30.6 Å². The Morgan fingerprint density at radius 2 is 1.75 bits per heavy atom. The number of β-amino-alcohol motifs (C(OH)–C–C–N with tert-alkyl or cyclic N) is 1. The van der Waals surface area contributed by atoms with E-state index in [1.165, 1.54) is 0 Å². The zero-order valence-electron chi connectivity index (χ0n) is 15.5. The predicted molar refractivity (Wildman–Crippen MR) is 107 cm³/mol. The molecule has 0 radical (unpaired) electrons. The van der Waals surface area contributed by atoms with Gasteiger partial charge in [0.25, 0.3) is 5.69 Å². The van der Waals surface area contributed by atoms with Gasteiger partial charge in [0, 0.05) is 50.5 Å². The first-order chi connectivity index (χ1) is 13.6. The first-order valence-electron chi connectivity index (χ1n) is 9.40. The lowest BCUT2D eigenvalue weighted by atomic mass is 10.2. The smallest absolute Gasteiger partial charge is 0.269 e. The van der Waals surface area contributed by atoms with Gasteiger partial charge < -0.3 is 14.6 Å². The minimum atomic E-state index is -0.469. The quantitative estimate of drug-likeness (QED) is 0.520. The summed E-state index contributed by atoms with van der Waals surface area (Å²) in [5.41, 5.74) is 3.07. The van der Waals surface area contributed by atoms with E-state index in [1.807, 2.05) is 28.8 Å². The Bertz CT molecular complexity index is 948. The highest BCUT2D eigenvalue weighted by Gasteiger charge is 2.20. The second-order valence-electron chi connectivity index (χ2n) is 7.10. The molecule has 4 rings (SSSR count). The summed E-state index contributed by atoms with van der Waals surface area (Å²) < 4.78 is 1.99. The SMILES string of the molecule is O=[N+]([O-])c1ccc(N2CCN(CC(O)Cn3cnc4ccccc43)CC2)cc1. The molecule has 0 bridgehead atoms. The number of non-ortho nitro benzene ring substituents is 1. The predicted octanol–water partition coefficient (Wildman–Crippen LogP) is 2.13. The molecule has 1 N–H and O–H groups in total. The Kier molecular flexibility index (Phi) is 5.23. The molecule has 1 atom stereocenters. The van der Waals surface area contributed by atoms with Gasteiger partial charge in [-0.05, 0) is 24.3 Å². The molecule has 1 aliphatic heterocycles. The number of aliphatic hydroxyl groups is 1. The maximum Gasteiger partial charge on any atom is 0.269 e. The van der Waals surface area contributed by atoms with Gasteiger partial charge in [-0.1, -0.05) is 12.1 Å². The fourth-order valence-electron chi connectivity index (χ4n) is 3.71. The molecule has 0 saturated carbocycles. The van der Waals surface area contributed by atoms with Gasteiger partial charge in [0.2, 0.25) is 0 Å². The summed E-state index contributed by atoms with van der Waals surface area (Å²) in [6.45, 7) is 4.48. The van der Waals surface area contributed by atoms with E-state index in [4.69, 9.17) is 0 Å². The third kappa shape index (κ3) is 3.97. The minimum absolute atomic E-state index is 0.109. The van der Waals surface area contributed by atoms with E-state index in [9.17, 15) is 15.2 Å². The second kappa shape index (κ2) is 7.95. The lowest BCUT2D eigenvalue weighted by Crippen LogP contribution is -2.49. The van der Waals surface area contributed by atoms with Crippen LogP contribution in [-0.2, 0) is 6.54 Å². The van der Waals surface area contributed by atoms with Gasteiger partial charge in [-0.25, -0.2) is 4.98 Å². The van der Waals surface area contributed by atoms with Gasteiger partial charge >= 0.3 is 0 Å². The number of hydrogen-bond donors (Lipinski definition) is 1. The third-order valence-electron chi connectivity index (χ3n) is 5.20. The standard InChI is InChI=1S/C20H23N5O3/c26-18(14-24-15-21-19-3-1-2-4-20(19)24)13-22-9-11-23(12-10-22)16-5-7-17(8-6-16)25(27)28/h1-8,15,18,26H,9-14H2. The lowest BCUT2D eigenvalue weighted by Gasteiger charge is -2.36. The largest absolute Gasteiger partial charge is 0.390 e. The van der Waals surface area contributed by atoms with Crippen molar-refractivity contribution in [3.8, 4) is 0 Å². The minimum Gasteiger partial charge on any atom is -0.390 e. The van der Waals surface area contributed by atoms with Gasteiger partial charge in [0.1, 0.15) is 0 Å². The molecule has 1 saturated heterocycles. The number of aromatic nitrogens is 2. The van der Waals surface area contributed by atoms with Crippen molar-refractivity contribution >= 4 is 22.4 Å². The molecule has 28 heavy (non-hydrogen) atoms. The van der Waals surface area contributed by atoms with Gasteiger partial charge in [-0.3, -0.25) is 15.0 Å². The van der Waals surface area contributed by atoms with E-state index >= 15 is 0 Å². The van der Waals surface area contributed by atoms with Crippen molar-refractivity contribution in [1.29, 1.82) is 0 Å². The number of nitro benzene ring substituents is 1. The monoisotopic (exact) mass is 381 g/mol. The van der Waals surface area contributed by atoms with Gasteiger partial charge in [0.15, 0.2) is 0 Å². The summed E-state index contributed by atoms with van der Waals surface area (Å²) in [6.07, 6.45) is 1.31. The van der Waals surface area contributed by atoms with E-state index in [0.29, 0.717) is 13.1 Å². The molecule has 1 unspecified atom stereocenters. The van der Waals surface area contributed by atoms with Crippen LogP contribution in [0.2, 0.25) is 0 Å². The van der Waals surface area contributed by atoms with Crippen molar-refractivity contribution in [2.75, 3.05) is 37.6 Å². The van der Waals surface area contributed by atoms with Crippen molar-refractivity contribution < 1.29 is 10.0 Å². The van der Waals surface area contributed by atoms with Crippen LogP contribution in [0.25, 0.3) is 11.0 Å². The van der Waals surface area contributed by atoms with Crippen LogP contribution in [0.3, 0.4) is 0 Å². The molecule has 1 fully saturated rings. The second-order valence-corrected chi connectivity index (χ2v) is 7.10. The summed E-state index contributed by atoms with van der Waals surface area (Å²) in [5.74, 6) is 0. The zero-order valence-corrected chi connectivity index (χ0v) is 15.5. The molecular weight excluding hydrogens is 358 g/mol. The topological polar surface area (TPSA) is 87.7 Å². The molecule has 2 heterocycles.